The molecule has 2 aromatic rings. The van der Waals surface area contributed by atoms with Crippen molar-refractivity contribution in [2.75, 3.05) is 6.54 Å². The summed E-state index contributed by atoms with van der Waals surface area (Å²) >= 11 is 5.93. The second kappa shape index (κ2) is 6.36. The third-order valence-corrected chi connectivity index (χ3v) is 3.88. The minimum absolute atomic E-state index is 0.191. The van der Waals surface area contributed by atoms with E-state index < -0.39 is 6.10 Å². The first-order valence-electron chi connectivity index (χ1n) is 7.09. The topological polar surface area (TPSA) is 38.3 Å². The van der Waals surface area contributed by atoms with Crippen LogP contribution in [0.2, 0.25) is 5.02 Å². The van der Waals surface area contributed by atoms with Gasteiger partial charge in [0.15, 0.2) is 6.10 Å². The maximum atomic E-state index is 13.5. The Hall–Kier alpha value is -2.07. The van der Waals surface area contributed by atoms with E-state index in [1.165, 1.54) is 6.07 Å². The Bertz CT molecular complexity index is 705. The molecule has 1 atom stereocenters. The maximum Gasteiger partial charge on any atom is 0.261 e. The molecular weight excluding hydrogens is 305 g/mol. The van der Waals surface area contributed by atoms with Crippen LogP contribution >= 0.6 is 11.6 Å². The second-order valence-electron chi connectivity index (χ2n) is 5.20. The normalized spacial score (nSPS) is 16.0. The Morgan fingerprint density at radius 1 is 1.32 bits per heavy atom. The van der Waals surface area contributed by atoms with E-state index in [0.29, 0.717) is 35.7 Å². The molecule has 0 saturated carbocycles. The molecule has 3 rings (SSSR count). The van der Waals surface area contributed by atoms with Crippen LogP contribution in [0.25, 0.3) is 0 Å². The van der Waals surface area contributed by atoms with Crippen molar-refractivity contribution in [2.45, 2.75) is 18.9 Å². The summed E-state index contributed by atoms with van der Waals surface area (Å²) in [5, 5.41) is 3.41. The van der Waals surface area contributed by atoms with Gasteiger partial charge in [-0.3, -0.25) is 4.79 Å². The highest BCUT2D eigenvalue weighted by Gasteiger charge is 2.28. The van der Waals surface area contributed by atoms with Crippen LogP contribution in [0.1, 0.15) is 11.1 Å². The van der Waals surface area contributed by atoms with E-state index in [4.69, 9.17) is 16.3 Å². The smallest absolute Gasteiger partial charge is 0.261 e. The summed E-state index contributed by atoms with van der Waals surface area (Å²) in [5.41, 5.74) is 1.52. The van der Waals surface area contributed by atoms with E-state index in [1.54, 1.807) is 30.3 Å². The molecule has 0 unspecified atom stereocenters. The summed E-state index contributed by atoms with van der Waals surface area (Å²) in [6.45, 7) is 0.372. The zero-order chi connectivity index (χ0) is 15.5. The van der Waals surface area contributed by atoms with Crippen molar-refractivity contribution >= 4 is 17.5 Å². The van der Waals surface area contributed by atoms with Crippen LogP contribution in [0.4, 0.5) is 4.39 Å². The van der Waals surface area contributed by atoms with E-state index in [0.717, 1.165) is 5.56 Å². The van der Waals surface area contributed by atoms with Crippen LogP contribution in [-0.2, 0) is 17.6 Å². The van der Waals surface area contributed by atoms with Crippen LogP contribution in [-0.4, -0.2) is 18.6 Å². The predicted octanol–water partition coefficient (Wildman–Crippen LogP) is 3.14. The third kappa shape index (κ3) is 3.22. The summed E-state index contributed by atoms with van der Waals surface area (Å²) in [4.78, 5) is 12.1. The van der Waals surface area contributed by atoms with Gasteiger partial charge in [-0.05, 0) is 41.8 Å². The Morgan fingerprint density at radius 3 is 2.95 bits per heavy atom. The van der Waals surface area contributed by atoms with Gasteiger partial charge < -0.3 is 10.1 Å². The first-order valence-corrected chi connectivity index (χ1v) is 7.47. The number of benzene rings is 2. The number of amides is 1. The number of carbonyl (C=O) groups is 1. The summed E-state index contributed by atoms with van der Waals surface area (Å²) in [6, 6.07) is 11.9. The van der Waals surface area contributed by atoms with Crippen molar-refractivity contribution in [1.29, 1.82) is 0 Å². The van der Waals surface area contributed by atoms with Crippen LogP contribution < -0.4 is 10.1 Å². The quantitative estimate of drug-likeness (QED) is 0.940. The largest absolute Gasteiger partial charge is 0.480 e. The number of nitrogens with one attached hydrogen (secondary N) is 1. The maximum absolute atomic E-state index is 13.5. The van der Waals surface area contributed by atoms with Crippen molar-refractivity contribution in [3.63, 3.8) is 0 Å². The highest BCUT2D eigenvalue weighted by atomic mass is 35.5. The van der Waals surface area contributed by atoms with Gasteiger partial charge in [0.1, 0.15) is 11.6 Å². The number of hydrogen-bond donors (Lipinski definition) is 1. The zero-order valence-electron chi connectivity index (χ0n) is 11.8. The number of fused-ring (bicyclic) bond motifs is 1. The lowest BCUT2D eigenvalue weighted by molar-refractivity contribution is -0.127. The minimum atomic E-state index is -0.547. The number of hydrogen-bond acceptors (Lipinski definition) is 2. The van der Waals surface area contributed by atoms with Gasteiger partial charge in [-0.1, -0.05) is 29.8 Å². The molecule has 0 saturated heterocycles. The molecule has 1 aliphatic rings. The molecule has 1 heterocycles. The monoisotopic (exact) mass is 319 g/mol. The minimum Gasteiger partial charge on any atom is -0.480 e. The van der Waals surface area contributed by atoms with Crippen molar-refractivity contribution in [3.8, 4) is 5.75 Å². The van der Waals surface area contributed by atoms with Crippen molar-refractivity contribution in [1.82, 2.24) is 5.32 Å². The van der Waals surface area contributed by atoms with Crippen LogP contribution in [0.15, 0.2) is 42.5 Å². The van der Waals surface area contributed by atoms with Gasteiger partial charge in [0.25, 0.3) is 5.91 Å². The molecule has 0 radical (unpaired) electrons. The van der Waals surface area contributed by atoms with E-state index in [-0.39, 0.29) is 11.7 Å². The molecule has 5 heteroatoms. The molecule has 1 amide bonds. The molecule has 0 spiro atoms. The Morgan fingerprint density at radius 2 is 2.14 bits per heavy atom. The van der Waals surface area contributed by atoms with E-state index >= 15 is 0 Å². The van der Waals surface area contributed by atoms with Gasteiger partial charge in [-0.15, -0.1) is 0 Å². The fourth-order valence-corrected chi connectivity index (χ4v) is 2.69. The predicted molar refractivity (Wildman–Crippen MR) is 82.7 cm³/mol. The highest BCUT2D eigenvalue weighted by Crippen LogP contribution is 2.31. The fraction of sp³-hybridized carbons (Fsp3) is 0.235. The molecule has 0 fully saturated rings. The zero-order valence-corrected chi connectivity index (χ0v) is 12.6. The van der Waals surface area contributed by atoms with Gasteiger partial charge >= 0.3 is 0 Å². The average molecular weight is 320 g/mol. The molecule has 2 aromatic carbocycles. The number of rotatable bonds is 4. The Balaban J connectivity index is 1.53. The molecule has 1 aliphatic heterocycles. The van der Waals surface area contributed by atoms with Gasteiger partial charge in [0.2, 0.25) is 0 Å². The average Bonchev–Trinajstić information content (AvgIpc) is 2.92. The molecule has 114 valence electrons. The molecule has 3 nitrogen and oxygen atoms in total. The second-order valence-corrected chi connectivity index (χ2v) is 5.63. The molecule has 0 aliphatic carbocycles. The van der Waals surface area contributed by atoms with Gasteiger partial charge in [0.05, 0.1) is 0 Å². The molecule has 0 aromatic heterocycles. The molecule has 0 bridgehead atoms. The summed E-state index contributed by atoms with van der Waals surface area (Å²) < 4.78 is 19.1. The lowest BCUT2D eigenvalue weighted by Crippen LogP contribution is -2.38. The number of ether oxygens (including phenoxy) is 1. The van der Waals surface area contributed by atoms with Gasteiger partial charge in [-0.25, -0.2) is 4.39 Å². The third-order valence-electron chi connectivity index (χ3n) is 3.64. The summed E-state index contributed by atoms with van der Waals surface area (Å²) in [7, 11) is 0. The molecule has 1 N–H and O–H groups in total. The van der Waals surface area contributed by atoms with E-state index in [2.05, 4.69) is 5.32 Å². The molecular formula is C17H15ClFNO2. The Labute approximate surface area is 133 Å². The van der Waals surface area contributed by atoms with Gasteiger partial charge in [0, 0.05) is 18.0 Å². The van der Waals surface area contributed by atoms with Crippen molar-refractivity contribution in [2.24, 2.45) is 0 Å². The van der Waals surface area contributed by atoms with Crippen molar-refractivity contribution in [3.05, 3.63) is 64.4 Å². The lowest BCUT2D eigenvalue weighted by Gasteiger charge is -2.11. The summed E-state index contributed by atoms with van der Waals surface area (Å²) in [6.07, 6.45) is 0.403. The fourth-order valence-electron chi connectivity index (χ4n) is 2.50. The van der Waals surface area contributed by atoms with E-state index in [1.807, 2.05) is 6.07 Å². The van der Waals surface area contributed by atoms with Crippen LogP contribution in [0.3, 0.4) is 0 Å². The molecule has 22 heavy (non-hydrogen) atoms. The van der Waals surface area contributed by atoms with E-state index in [9.17, 15) is 9.18 Å². The number of halogens is 2. The highest BCUT2D eigenvalue weighted by molar-refractivity contribution is 6.30. The SMILES string of the molecule is O=C(NCCc1ccccc1F)[C@@H]1Cc2cc(Cl)ccc2O1. The first kappa shape index (κ1) is 14.9. The lowest BCUT2D eigenvalue weighted by atomic mass is 10.1. The van der Waals surface area contributed by atoms with Crippen molar-refractivity contribution < 1.29 is 13.9 Å². The Kier molecular flexibility index (Phi) is 4.29. The van der Waals surface area contributed by atoms with Gasteiger partial charge in [-0.2, -0.15) is 0 Å². The standard InChI is InChI=1S/C17H15ClFNO2/c18-13-5-6-15-12(9-13)10-16(22-15)17(21)20-8-7-11-3-1-2-4-14(11)19/h1-6,9,16H,7-8,10H2,(H,20,21)/t16-/m0/s1. The van der Waals surface area contributed by atoms with Crippen LogP contribution in [0, 0.1) is 5.82 Å². The van der Waals surface area contributed by atoms with Crippen LogP contribution in [0.5, 0.6) is 5.75 Å². The first-order chi connectivity index (χ1) is 10.6. The summed E-state index contributed by atoms with van der Waals surface area (Å²) in [5.74, 6) is 0.248. The number of carbonyl (C=O) groups excluding carboxylic acids is 1.